The van der Waals surface area contributed by atoms with Gasteiger partial charge in [0, 0.05) is 0 Å². The van der Waals surface area contributed by atoms with E-state index >= 15 is 0 Å². The molecule has 0 radical (unpaired) electrons. The van der Waals surface area contributed by atoms with Gasteiger partial charge in [-0.05, 0) is 5.23 Å². The number of hydrogen-bond donors (Lipinski definition) is 2. The quantitative estimate of drug-likeness (QED) is 0.402. The molecule has 5 nitrogen and oxygen atoms in total. The van der Waals surface area contributed by atoms with Crippen LogP contribution in [0.1, 0.15) is 0 Å². The number of rotatable bonds is 0. The van der Waals surface area contributed by atoms with Gasteiger partial charge in [0.05, 0.1) is 0 Å². The molecule has 0 spiro atoms. The highest BCUT2D eigenvalue weighted by Crippen LogP contribution is 2.30. The van der Waals surface area contributed by atoms with Crippen molar-refractivity contribution in [3.05, 3.63) is 0 Å². The van der Waals surface area contributed by atoms with Crippen LogP contribution in [0.4, 0.5) is 0 Å². The minimum Gasteiger partial charge on any atom is -0.371 e. The number of nitrogens with zero attached hydrogens (tertiary/aromatic N) is 1. The molecule has 2 aliphatic heterocycles. The molecular formula is C4H7NO4. The normalized spacial score (nSPS) is 50.7. The van der Waals surface area contributed by atoms with Crippen molar-refractivity contribution in [2.75, 3.05) is 6.61 Å². The fourth-order valence-electron chi connectivity index (χ4n) is 0.905. The maximum Gasteiger partial charge on any atom is 0.186 e. The fraction of sp³-hybridized carbons (Fsp3) is 1.00. The summed E-state index contributed by atoms with van der Waals surface area (Å²) < 4.78 is 4.88. The molecule has 2 aliphatic rings. The van der Waals surface area contributed by atoms with Crippen LogP contribution < -0.4 is 0 Å². The molecule has 2 saturated heterocycles. The van der Waals surface area contributed by atoms with Crippen LogP contribution in [0.3, 0.4) is 0 Å². The number of aliphatic hydroxyl groups excluding tert-OH is 1. The van der Waals surface area contributed by atoms with E-state index in [9.17, 15) is 0 Å². The minimum absolute atomic E-state index is 0.0107. The van der Waals surface area contributed by atoms with Crippen molar-refractivity contribution in [2.24, 2.45) is 0 Å². The SMILES string of the molecule is OC1C2OC2CON1O. The van der Waals surface area contributed by atoms with Crippen molar-refractivity contribution < 1.29 is 19.9 Å². The number of epoxide rings is 1. The highest BCUT2D eigenvalue weighted by Gasteiger charge is 2.51. The maximum absolute atomic E-state index is 8.91. The van der Waals surface area contributed by atoms with Crippen LogP contribution in [0, 0.1) is 0 Å². The first kappa shape index (κ1) is 5.57. The highest BCUT2D eigenvalue weighted by molar-refractivity contribution is 4.90. The molecule has 3 unspecified atom stereocenters. The third-order valence-corrected chi connectivity index (χ3v) is 1.51. The molecule has 2 heterocycles. The zero-order valence-electron chi connectivity index (χ0n) is 4.60. The Morgan fingerprint density at radius 1 is 1.56 bits per heavy atom. The Labute approximate surface area is 51.3 Å². The molecule has 3 atom stereocenters. The van der Waals surface area contributed by atoms with Crippen LogP contribution in [0.5, 0.6) is 0 Å². The van der Waals surface area contributed by atoms with E-state index in [-0.39, 0.29) is 12.2 Å². The predicted octanol–water partition coefficient (Wildman–Crippen LogP) is -1.29. The Hall–Kier alpha value is -0.200. The van der Waals surface area contributed by atoms with Crippen molar-refractivity contribution in [3.8, 4) is 0 Å². The fourth-order valence-corrected chi connectivity index (χ4v) is 0.905. The summed E-state index contributed by atoms with van der Waals surface area (Å²) in [5.41, 5.74) is 0. The van der Waals surface area contributed by atoms with Gasteiger partial charge in [0.15, 0.2) is 6.23 Å². The molecule has 2 N–H and O–H groups in total. The summed E-state index contributed by atoms with van der Waals surface area (Å²) in [6, 6.07) is 0. The largest absolute Gasteiger partial charge is 0.371 e. The molecule has 0 aliphatic carbocycles. The van der Waals surface area contributed by atoms with E-state index in [2.05, 4.69) is 4.84 Å². The summed E-state index contributed by atoms with van der Waals surface area (Å²) >= 11 is 0. The lowest BCUT2D eigenvalue weighted by molar-refractivity contribution is -0.404. The molecular weight excluding hydrogens is 126 g/mol. The lowest BCUT2D eigenvalue weighted by atomic mass is 10.3. The summed E-state index contributed by atoms with van der Waals surface area (Å²) in [6.07, 6.45) is -1.27. The molecule has 0 saturated carbocycles. The van der Waals surface area contributed by atoms with Crippen molar-refractivity contribution in [1.29, 1.82) is 0 Å². The maximum atomic E-state index is 8.91. The number of ether oxygens (including phenoxy) is 1. The summed E-state index contributed by atoms with van der Waals surface area (Å²) in [7, 11) is 0. The van der Waals surface area contributed by atoms with Gasteiger partial charge in [-0.15, -0.1) is 0 Å². The topological polar surface area (TPSA) is 65.5 Å². The van der Waals surface area contributed by atoms with Crippen molar-refractivity contribution in [1.82, 2.24) is 5.23 Å². The number of fused-ring (bicyclic) bond motifs is 1. The van der Waals surface area contributed by atoms with E-state index < -0.39 is 6.23 Å². The second-order valence-corrected chi connectivity index (χ2v) is 2.15. The lowest BCUT2D eigenvalue weighted by Gasteiger charge is -2.21. The van der Waals surface area contributed by atoms with Gasteiger partial charge in [0.2, 0.25) is 0 Å². The highest BCUT2D eigenvalue weighted by atomic mass is 16.9. The first-order valence-corrected chi connectivity index (χ1v) is 2.73. The standard InChI is InChI=1S/C4H7NO4/c6-4-3-2(9-3)1-8-5(4)7/h2-4,6-7H,1H2. The Morgan fingerprint density at radius 2 is 2.33 bits per heavy atom. The van der Waals surface area contributed by atoms with E-state index in [0.717, 1.165) is 0 Å². The van der Waals surface area contributed by atoms with Crippen LogP contribution in [0.2, 0.25) is 0 Å². The van der Waals surface area contributed by atoms with E-state index in [1.54, 1.807) is 0 Å². The third kappa shape index (κ3) is 0.742. The van der Waals surface area contributed by atoms with E-state index in [1.807, 2.05) is 0 Å². The Morgan fingerprint density at radius 3 is 3.00 bits per heavy atom. The molecule has 0 aromatic heterocycles. The Kier molecular flexibility index (Phi) is 1.02. The monoisotopic (exact) mass is 133 g/mol. The summed E-state index contributed by atoms with van der Waals surface area (Å²) in [5, 5.41) is 18.0. The molecule has 2 fully saturated rings. The van der Waals surface area contributed by atoms with Crippen LogP contribution in [0.25, 0.3) is 0 Å². The lowest BCUT2D eigenvalue weighted by Crippen LogP contribution is -2.42. The van der Waals surface area contributed by atoms with Crippen LogP contribution >= 0.6 is 0 Å². The number of hydrogen-bond acceptors (Lipinski definition) is 5. The molecule has 0 bridgehead atoms. The van der Waals surface area contributed by atoms with Crippen molar-refractivity contribution in [2.45, 2.75) is 18.4 Å². The van der Waals surface area contributed by atoms with Crippen LogP contribution in [-0.4, -0.2) is 40.6 Å². The molecule has 0 aromatic rings. The van der Waals surface area contributed by atoms with Crippen LogP contribution in [0.15, 0.2) is 0 Å². The van der Waals surface area contributed by atoms with E-state index in [4.69, 9.17) is 15.1 Å². The first-order valence-electron chi connectivity index (χ1n) is 2.73. The molecule has 5 heteroatoms. The van der Waals surface area contributed by atoms with E-state index in [0.29, 0.717) is 11.8 Å². The van der Waals surface area contributed by atoms with E-state index in [1.165, 1.54) is 0 Å². The molecule has 0 aromatic carbocycles. The van der Waals surface area contributed by atoms with Gasteiger partial charge < -0.3 is 9.84 Å². The number of aliphatic hydroxyl groups is 1. The van der Waals surface area contributed by atoms with Crippen molar-refractivity contribution in [3.63, 3.8) is 0 Å². The van der Waals surface area contributed by atoms with Gasteiger partial charge >= 0.3 is 0 Å². The van der Waals surface area contributed by atoms with Crippen LogP contribution in [-0.2, 0) is 9.57 Å². The Bertz CT molecular complexity index is 128. The zero-order valence-corrected chi connectivity index (χ0v) is 4.60. The van der Waals surface area contributed by atoms with Gasteiger partial charge in [-0.2, -0.15) is 0 Å². The van der Waals surface area contributed by atoms with Crippen molar-refractivity contribution >= 4 is 0 Å². The average molecular weight is 133 g/mol. The van der Waals surface area contributed by atoms with Gasteiger partial charge in [0.1, 0.15) is 18.8 Å². The van der Waals surface area contributed by atoms with Gasteiger partial charge in [-0.1, -0.05) is 0 Å². The molecule has 9 heavy (non-hydrogen) atoms. The summed E-state index contributed by atoms with van der Waals surface area (Å²) in [4.78, 5) is 4.56. The smallest absolute Gasteiger partial charge is 0.186 e. The van der Waals surface area contributed by atoms with Gasteiger partial charge in [0.25, 0.3) is 0 Å². The van der Waals surface area contributed by atoms with Gasteiger partial charge in [-0.3, -0.25) is 10.0 Å². The third-order valence-electron chi connectivity index (χ3n) is 1.51. The summed E-state index contributed by atoms with van der Waals surface area (Å²) in [5.74, 6) is 0. The number of hydroxylamine groups is 2. The molecule has 2 rings (SSSR count). The Balaban J connectivity index is 2.02. The average Bonchev–Trinajstić information content (AvgIpc) is 2.58. The second-order valence-electron chi connectivity index (χ2n) is 2.15. The first-order chi connectivity index (χ1) is 4.29. The molecule has 0 amide bonds. The minimum atomic E-state index is -1.01. The second kappa shape index (κ2) is 1.65. The predicted molar refractivity (Wildman–Crippen MR) is 24.2 cm³/mol. The zero-order chi connectivity index (χ0) is 6.43. The molecule has 52 valence electrons. The van der Waals surface area contributed by atoms with Gasteiger partial charge in [-0.25, -0.2) is 0 Å². The summed E-state index contributed by atoms with van der Waals surface area (Å²) in [6.45, 7) is 0.332.